The Kier molecular flexibility index (Phi) is 8.08. The van der Waals surface area contributed by atoms with Crippen LogP contribution in [0.3, 0.4) is 0 Å². The van der Waals surface area contributed by atoms with Crippen LogP contribution in [-0.4, -0.2) is 86.0 Å². The molecule has 42 heavy (non-hydrogen) atoms. The average molecular weight is 588 g/mol. The lowest BCUT2D eigenvalue weighted by Crippen LogP contribution is -2.50. The fourth-order valence-electron chi connectivity index (χ4n) is 4.84. The van der Waals surface area contributed by atoms with E-state index in [0.717, 1.165) is 16.9 Å². The van der Waals surface area contributed by atoms with Gasteiger partial charge in [-0.3, -0.25) is 9.48 Å². The maximum Gasteiger partial charge on any atom is 0.229 e. The van der Waals surface area contributed by atoms with Crippen molar-refractivity contribution in [3.8, 4) is 28.5 Å². The van der Waals surface area contributed by atoms with Crippen LogP contribution in [0.2, 0.25) is 0 Å². The van der Waals surface area contributed by atoms with Gasteiger partial charge >= 0.3 is 0 Å². The topological polar surface area (TPSA) is 142 Å². The molecule has 0 spiro atoms. The second kappa shape index (κ2) is 11.7. The van der Waals surface area contributed by atoms with Crippen molar-refractivity contribution in [2.75, 3.05) is 36.8 Å². The predicted molar refractivity (Wildman–Crippen MR) is 159 cm³/mol. The summed E-state index contributed by atoms with van der Waals surface area (Å²) >= 11 is 0. The summed E-state index contributed by atoms with van der Waals surface area (Å²) in [6.45, 7) is 11.7. The van der Waals surface area contributed by atoms with Crippen molar-refractivity contribution >= 4 is 27.1 Å². The van der Waals surface area contributed by atoms with E-state index in [1.54, 1.807) is 43.0 Å². The summed E-state index contributed by atoms with van der Waals surface area (Å²) in [6.07, 6.45) is 8.44. The molecule has 4 aromatic rings. The van der Waals surface area contributed by atoms with Gasteiger partial charge in [-0.2, -0.15) is 10.4 Å². The molecule has 1 amide bonds. The summed E-state index contributed by atoms with van der Waals surface area (Å²) in [7, 11) is -3.21. The Balaban J connectivity index is 1.40. The molecule has 1 atom stereocenters. The summed E-state index contributed by atoms with van der Waals surface area (Å²) in [5, 5.41) is 22.1. The molecule has 0 N–H and O–H groups in total. The van der Waals surface area contributed by atoms with Gasteiger partial charge in [0.1, 0.15) is 17.6 Å². The van der Waals surface area contributed by atoms with Crippen LogP contribution in [0.5, 0.6) is 0 Å². The van der Waals surface area contributed by atoms with Gasteiger partial charge in [0, 0.05) is 55.3 Å². The average Bonchev–Trinajstić information content (AvgIpc) is 3.66. The van der Waals surface area contributed by atoms with Crippen LogP contribution in [-0.2, 0) is 21.2 Å². The Morgan fingerprint density at radius 2 is 1.88 bits per heavy atom. The van der Waals surface area contributed by atoms with Crippen LogP contribution in [0, 0.1) is 17.2 Å². The third kappa shape index (κ3) is 5.75. The van der Waals surface area contributed by atoms with E-state index in [1.807, 2.05) is 30.0 Å². The molecule has 13 heteroatoms. The summed E-state index contributed by atoms with van der Waals surface area (Å²) in [6, 6.07) is 8.03. The number of aromatic nitrogens is 6. The van der Waals surface area contributed by atoms with Gasteiger partial charge in [0.05, 0.1) is 46.9 Å². The third-order valence-corrected chi connectivity index (χ3v) is 9.80. The van der Waals surface area contributed by atoms with Crippen molar-refractivity contribution < 1.29 is 13.2 Å². The number of pyridine rings is 2. The number of aryl methyl sites for hydroxylation is 1. The van der Waals surface area contributed by atoms with E-state index in [2.05, 4.69) is 33.0 Å². The lowest BCUT2D eigenvalue weighted by atomic mass is 10.0. The minimum Gasteiger partial charge on any atom is -0.353 e. The number of carbonyl (C=O) groups is 1. The molecule has 0 radical (unpaired) electrons. The Hall–Kier alpha value is -4.57. The van der Waals surface area contributed by atoms with Gasteiger partial charge in [0.25, 0.3) is 0 Å². The maximum atomic E-state index is 12.5. The number of fused-ring (bicyclic) bond motifs is 1. The number of rotatable bonds is 9. The van der Waals surface area contributed by atoms with Crippen LogP contribution in [0.15, 0.2) is 55.6 Å². The minimum absolute atomic E-state index is 0.0280. The van der Waals surface area contributed by atoms with Crippen LogP contribution < -0.4 is 4.90 Å². The van der Waals surface area contributed by atoms with Gasteiger partial charge in [-0.05, 0) is 32.0 Å². The van der Waals surface area contributed by atoms with Crippen molar-refractivity contribution in [1.82, 2.24) is 34.5 Å². The number of nitrogens with zero attached hydrogens (tertiary/aromatic N) is 9. The molecule has 0 aliphatic carbocycles. The number of sulfone groups is 1. The highest BCUT2D eigenvalue weighted by molar-refractivity contribution is 7.91. The predicted octanol–water partition coefficient (Wildman–Crippen LogP) is 2.82. The first-order valence-corrected chi connectivity index (χ1v) is 15.5. The monoisotopic (exact) mass is 587 g/mol. The van der Waals surface area contributed by atoms with Gasteiger partial charge in [0.15, 0.2) is 9.84 Å². The lowest BCUT2D eigenvalue weighted by molar-refractivity contribution is -0.133. The maximum absolute atomic E-state index is 12.5. The van der Waals surface area contributed by atoms with E-state index in [1.165, 1.54) is 10.9 Å². The second-order valence-electron chi connectivity index (χ2n) is 10.6. The molecule has 12 nitrogen and oxygen atoms in total. The molecule has 0 saturated carbocycles. The Bertz CT molecular complexity index is 1760. The smallest absolute Gasteiger partial charge is 0.229 e. The highest BCUT2D eigenvalue weighted by Gasteiger charge is 2.24. The number of amides is 1. The number of carbonyl (C=O) groups excluding carboxylic acids is 1. The third-order valence-electron chi connectivity index (χ3n) is 7.61. The van der Waals surface area contributed by atoms with Gasteiger partial charge < -0.3 is 9.80 Å². The van der Waals surface area contributed by atoms with Crippen molar-refractivity contribution in [1.29, 1.82) is 5.26 Å². The number of nitriles is 1. The zero-order chi connectivity index (χ0) is 30.0. The van der Waals surface area contributed by atoms with Gasteiger partial charge in [-0.15, -0.1) is 11.7 Å². The van der Waals surface area contributed by atoms with E-state index >= 15 is 0 Å². The van der Waals surface area contributed by atoms with E-state index in [4.69, 9.17) is 4.98 Å². The van der Waals surface area contributed by atoms with E-state index < -0.39 is 15.1 Å². The van der Waals surface area contributed by atoms with E-state index in [0.29, 0.717) is 48.5 Å². The SMILES string of the molecule is C=CC(C)C(=O)N1CCN(c2ccc(-c3cc(-c4cn(CCS(=O)(=O)C(C)C)nn4)cn4ncc(C#N)c34)cn2)CC1. The van der Waals surface area contributed by atoms with E-state index in [9.17, 15) is 18.5 Å². The molecule has 0 bridgehead atoms. The first-order valence-electron chi connectivity index (χ1n) is 13.8. The normalized spacial score (nSPS) is 14.7. The first kappa shape index (κ1) is 28.9. The molecular weight excluding hydrogens is 554 g/mol. The van der Waals surface area contributed by atoms with Crippen molar-refractivity contribution in [3.63, 3.8) is 0 Å². The number of piperazine rings is 1. The summed E-state index contributed by atoms with van der Waals surface area (Å²) in [5.74, 6) is 0.670. The Morgan fingerprint density at radius 3 is 2.52 bits per heavy atom. The molecule has 5 heterocycles. The van der Waals surface area contributed by atoms with Gasteiger partial charge in [-0.25, -0.2) is 17.9 Å². The molecule has 1 aliphatic heterocycles. The molecule has 218 valence electrons. The van der Waals surface area contributed by atoms with Gasteiger partial charge in [0.2, 0.25) is 5.91 Å². The number of hydrogen-bond acceptors (Lipinski definition) is 9. The second-order valence-corrected chi connectivity index (χ2v) is 13.3. The molecule has 0 aromatic carbocycles. The number of hydrogen-bond donors (Lipinski definition) is 0. The summed E-state index contributed by atoms with van der Waals surface area (Å²) in [5.41, 5.74) is 3.89. The minimum atomic E-state index is -3.21. The van der Waals surface area contributed by atoms with Crippen molar-refractivity contribution in [2.45, 2.75) is 32.6 Å². The first-order chi connectivity index (χ1) is 20.1. The van der Waals surface area contributed by atoms with Crippen molar-refractivity contribution in [2.24, 2.45) is 5.92 Å². The van der Waals surface area contributed by atoms with Crippen LogP contribution in [0.4, 0.5) is 5.82 Å². The molecule has 5 rings (SSSR count). The lowest BCUT2D eigenvalue weighted by Gasteiger charge is -2.36. The fourth-order valence-corrected chi connectivity index (χ4v) is 5.75. The Morgan fingerprint density at radius 1 is 1.12 bits per heavy atom. The van der Waals surface area contributed by atoms with Gasteiger partial charge in [-0.1, -0.05) is 18.2 Å². The molecule has 1 aliphatic rings. The number of anilines is 1. The molecular formula is C29H33N9O3S. The van der Waals surface area contributed by atoms with Crippen LogP contribution >= 0.6 is 0 Å². The summed E-state index contributed by atoms with van der Waals surface area (Å²) in [4.78, 5) is 21.2. The molecule has 4 aromatic heterocycles. The van der Waals surface area contributed by atoms with Crippen LogP contribution in [0.1, 0.15) is 26.3 Å². The highest BCUT2D eigenvalue weighted by Crippen LogP contribution is 2.32. The largest absolute Gasteiger partial charge is 0.353 e. The molecule has 1 unspecified atom stereocenters. The van der Waals surface area contributed by atoms with Crippen molar-refractivity contribution in [3.05, 3.63) is 61.2 Å². The van der Waals surface area contributed by atoms with E-state index in [-0.39, 0.29) is 24.1 Å². The Labute approximate surface area is 244 Å². The molecule has 1 fully saturated rings. The van der Waals surface area contributed by atoms with Crippen LogP contribution in [0.25, 0.3) is 27.9 Å². The summed E-state index contributed by atoms with van der Waals surface area (Å²) < 4.78 is 27.6. The highest BCUT2D eigenvalue weighted by atomic mass is 32.2. The quantitative estimate of drug-likeness (QED) is 0.270. The standard InChI is InChI=1S/C29H33N9O3S/c1-5-21(4)29(39)36-10-8-35(9-11-36)27-7-6-22(16-31-27)25-14-23(18-38-28(25)24(15-30)17-32-38)26-19-37(34-33-26)12-13-42(40,41)20(2)3/h5-7,14,16-21H,1,8-13H2,2-4H3. The zero-order valence-corrected chi connectivity index (χ0v) is 24.7. The molecule has 1 saturated heterocycles. The zero-order valence-electron chi connectivity index (χ0n) is 23.9. The fraction of sp³-hybridized carbons (Fsp3) is 0.379.